The van der Waals surface area contributed by atoms with Crippen LogP contribution in [-0.4, -0.2) is 44.7 Å². The zero-order chi connectivity index (χ0) is 18.7. The summed E-state index contributed by atoms with van der Waals surface area (Å²) in [5, 5.41) is 8.52. The van der Waals surface area contributed by atoms with Crippen LogP contribution in [-0.2, 0) is 11.3 Å². The number of nitrogen functional groups attached to an aromatic ring is 1. The average molecular weight is 375 g/mol. The highest BCUT2D eigenvalue weighted by Gasteiger charge is 2.19. The number of ether oxygens (including phenoxy) is 1. The normalized spacial score (nSPS) is 11.2. The molecule has 0 aliphatic carbocycles. The molecule has 0 aliphatic rings. The fourth-order valence-corrected chi connectivity index (χ4v) is 3.51. The molecule has 8 nitrogen and oxygen atoms in total. The molecule has 2 N–H and O–H groups in total. The van der Waals surface area contributed by atoms with Crippen molar-refractivity contribution in [3.05, 3.63) is 41.4 Å². The van der Waals surface area contributed by atoms with Gasteiger partial charge in [-0.25, -0.2) is 4.68 Å². The molecule has 3 aromatic rings. The number of furan rings is 1. The van der Waals surface area contributed by atoms with Gasteiger partial charge in [0.15, 0.2) is 11.5 Å². The van der Waals surface area contributed by atoms with Gasteiger partial charge < -0.3 is 19.6 Å². The van der Waals surface area contributed by atoms with E-state index in [9.17, 15) is 4.79 Å². The minimum absolute atomic E-state index is 0.0225. The first kappa shape index (κ1) is 18.3. The van der Waals surface area contributed by atoms with Crippen molar-refractivity contribution in [1.29, 1.82) is 0 Å². The number of aromatic nitrogens is 4. The molecule has 0 saturated heterocycles. The van der Waals surface area contributed by atoms with Gasteiger partial charge in [0.05, 0.1) is 18.6 Å². The predicted molar refractivity (Wildman–Crippen MR) is 98.7 cm³/mol. The zero-order valence-electron chi connectivity index (χ0n) is 14.9. The summed E-state index contributed by atoms with van der Waals surface area (Å²) in [6, 6.07) is 5.41. The van der Waals surface area contributed by atoms with Crippen LogP contribution in [0.3, 0.4) is 0 Å². The fraction of sp³-hybridized carbons (Fsp3) is 0.353. The summed E-state index contributed by atoms with van der Waals surface area (Å²) in [6.45, 7) is 5.25. The van der Waals surface area contributed by atoms with Crippen LogP contribution in [0, 0.1) is 13.8 Å². The van der Waals surface area contributed by atoms with Crippen molar-refractivity contribution in [2.75, 3.05) is 25.3 Å². The lowest BCUT2D eigenvalue weighted by atomic mass is 10.2. The Bertz CT molecular complexity index is 898. The molecule has 0 radical (unpaired) electrons. The van der Waals surface area contributed by atoms with Crippen LogP contribution in [0.5, 0.6) is 0 Å². The molecule has 3 aromatic heterocycles. The van der Waals surface area contributed by atoms with Crippen molar-refractivity contribution in [2.45, 2.75) is 25.5 Å². The highest BCUT2D eigenvalue weighted by Crippen LogP contribution is 2.24. The number of carbonyl (C=O) groups is 1. The number of rotatable bonds is 8. The van der Waals surface area contributed by atoms with Gasteiger partial charge in [-0.15, -0.1) is 10.2 Å². The van der Waals surface area contributed by atoms with Crippen LogP contribution in [0.2, 0.25) is 0 Å². The standard InChI is InChI=1S/C17H21N5O3S/c1-11-9-13(12(2)21(11)6-8-24-3)14(23)10-26-17-20-19-16(22(17)18)15-5-4-7-25-15/h4-5,7,9H,6,8,10,18H2,1-3H3. The lowest BCUT2D eigenvalue weighted by Crippen LogP contribution is -2.13. The predicted octanol–water partition coefficient (Wildman–Crippen LogP) is 2.29. The van der Waals surface area contributed by atoms with Gasteiger partial charge in [-0.05, 0) is 32.0 Å². The van der Waals surface area contributed by atoms with E-state index >= 15 is 0 Å². The third-order valence-electron chi connectivity index (χ3n) is 4.13. The molecule has 9 heteroatoms. The fourth-order valence-electron chi connectivity index (χ4n) is 2.77. The van der Waals surface area contributed by atoms with Gasteiger partial charge in [0, 0.05) is 30.6 Å². The Balaban J connectivity index is 1.70. The van der Waals surface area contributed by atoms with Crippen LogP contribution in [0.15, 0.2) is 34.0 Å². The Labute approximate surface area is 155 Å². The topological polar surface area (TPSA) is 101 Å². The lowest BCUT2D eigenvalue weighted by molar-refractivity contribution is 0.102. The number of hydrogen-bond donors (Lipinski definition) is 1. The lowest BCUT2D eigenvalue weighted by Gasteiger charge is -2.08. The van der Waals surface area contributed by atoms with Gasteiger partial charge in [0.1, 0.15) is 0 Å². The summed E-state index contributed by atoms with van der Waals surface area (Å²) >= 11 is 1.25. The van der Waals surface area contributed by atoms with Crippen LogP contribution in [0.4, 0.5) is 0 Å². The summed E-state index contributed by atoms with van der Waals surface area (Å²) in [5.41, 5.74) is 2.69. The summed E-state index contributed by atoms with van der Waals surface area (Å²) in [4.78, 5) is 12.6. The maximum atomic E-state index is 12.6. The van der Waals surface area contributed by atoms with Gasteiger partial charge >= 0.3 is 0 Å². The average Bonchev–Trinajstić information content (AvgIpc) is 3.32. The van der Waals surface area contributed by atoms with Gasteiger partial charge in [0.25, 0.3) is 0 Å². The van der Waals surface area contributed by atoms with Crippen LogP contribution in [0.25, 0.3) is 11.6 Å². The molecular weight excluding hydrogens is 354 g/mol. The summed E-state index contributed by atoms with van der Waals surface area (Å²) in [6.07, 6.45) is 1.54. The van der Waals surface area contributed by atoms with Crippen molar-refractivity contribution in [2.24, 2.45) is 0 Å². The Morgan fingerprint density at radius 1 is 1.38 bits per heavy atom. The SMILES string of the molecule is COCCn1c(C)cc(C(=O)CSc2nnc(-c3ccco3)n2N)c1C. The highest BCUT2D eigenvalue weighted by atomic mass is 32.2. The maximum Gasteiger partial charge on any atom is 0.218 e. The van der Waals surface area contributed by atoms with Crippen LogP contribution >= 0.6 is 11.8 Å². The molecule has 0 bridgehead atoms. The Hall–Kier alpha value is -2.52. The number of hydrogen-bond acceptors (Lipinski definition) is 7. The van der Waals surface area contributed by atoms with Crippen LogP contribution < -0.4 is 5.84 Å². The minimum atomic E-state index is 0.0225. The molecule has 3 heterocycles. The second-order valence-electron chi connectivity index (χ2n) is 5.79. The molecule has 138 valence electrons. The number of thioether (sulfide) groups is 1. The van der Waals surface area contributed by atoms with E-state index in [0.717, 1.165) is 17.9 Å². The van der Waals surface area contributed by atoms with Crippen LogP contribution in [0.1, 0.15) is 21.7 Å². The number of Topliss-reactive ketones (excluding diaryl/α,β-unsaturated/α-hetero) is 1. The third-order valence-corrected chi connectivity index (χ3v) is 5.07. The second kappa shape index (κ2) is 7.79. The van der Waals surface area contributed by atoms with Gasteiger partial charge in [-0.3, -0.25) is 4.79 Å². The van der Waals surface area contributed by atoms with Crippen molar-refractivity contribution in [1.82, 2.24) is 19.4 Å². The number of nitrogens with two attached hydrogens (primary N) is 1. The molecule has 0 saturated carbocycles. The monoisotopic (exact) mass is 375 g/mol. The number of carbonyl (C=O) groups excluding carboxylic acids is 1. The Morgan fingerprint density at radius 2 is 2.19 bits per heavy atom. The summed E-state index contributed by atoms with van der Waals surface area (Å²) < 4.78 is 13.8. The van der Waals surface area contributed by atoms with E-state index in [0.29, 0.717) is 28.9 Å². The quantitative estimate of drug-likeness (QED) is 0.366. The molecular formula is C17H21N5O3S. The summed E-state index contributed by atoms with van der Waals surface area (Å²) in [5.74, 6) is 7.21. The molecule has 0 unspecified atom stereocenters. The van der Waals surface area contributed by atoms with Gasteiger partial charge in [-0.2, -0.15) is 0 Å². The minimum Gasteiger partial charge on any atom is -0.461 e. The molecule has 0 aromatic carbocycles. The number of methoxy groups -OCH3 is 1. The van der Waals surface area contributed by atoms with Gasteiger partial charge in [0.2, 0.25) is 11.0 Å². The van der Waals surface area contributed by atoms with E-state index in [1.807, 2.05) is 19.9 Å². The van der Waals surface area contributed by atoms with Crippen molar-refractivity contribution < 1.29 is 13.9 Å². The molecule has 3 rings (SSSR count). The first-order valence-corrected chi connectivity index (χ1v) is 9.07. The van der Waals surface area contributed by atoms with Crippen molar-refractivity contribution in [3.8, 4) is 11.6 Å². The second-order valence-corrected chi connectivity index (χ2v) is 6.74. The van der Waals surface area contributed by atoms with Crippen molar-refractivity contribution >= 4 is 17.5 Å². The summed E-state index contributed by atoms with van der Waals surface area (Å²) in [7, 11) is 1.66. The Morgan fingerprint density at radius 3 is 2.88 bits per heavy atom. The highest BCUT2D eigenvalue weighted by molar-refractivity contribution is 7.99. The Kier molecular flexibility index (Phi) is 5.48. The van der Waals surface area contributed by atoms with E-state index in [2.05, 4.69) is 14.8 Å². The third kappa shape index (κ3) is 3.54. The molecule has 0 aliphatic heterocycles. The first-order chi connectivity index (χ1) is 12.5. The largest absolute Gasteiger partial charge is 0.461 e. The molecule has 0 spiro atoms. The van der Waals surface area contributed by atoms with E-state index < -0.39 is 0 Å². The van der Waals surface area contributed by atoms with Gasteiger partial charge in [-0.1, -0.05) is 11.8 Å². The molecule has 26 heavy (non-hydrogen) atoms. The number of nitrogens with zero attached hydrogens (tertiary/aromatic N) is 4. The zero-order valence-corrected chi connectivity index (χ0v) is 15.7. The van der Waals surface area contributed by atoms with E-state index in [1.54, 1.807) is 25.5 Å². The molecule has 0 fully saturated rings. The van der Waals surface area contributed by atoms with E-state index in [-0.39, 0.29) is 11.5 Å². The molecule has 0 amide bonds. The maximum absolute atomic E-state index is 12.6. The van der Waals surface area contributed by atoms with E-state index in [1.165, 1.54) is 16.4 Å². The van der Waals surface area contributed by atoms with Crippen molar-refractivity contribution in [3.63, 3.8) is 0 Å². The van der Waals surface area contributed by atoms with E-state index in [4.69, 9.17) is 15.0 Å². The first-order valence-electron chi connectivity index (χ1n) is 8.09. The number of aryl methyl sites for hydroxylation is 1. The number of ketones is 1. The smallest absolute Gasteiger partial charge is 0.218 e. The molecule has 0 atom stereocenters.